The second kappa shape index (κ2) is 8.64. The van der Waals surface area contributed by atoms with Crippen LogP contribution in [0.3, 0.4) is 0 Å². The number of rotatable bonds is 6. The summed E-state index contributed by atoms with van der Waals surface area (Å²) in [5.41, 5.74) is 1.69. The maximum Gasteiger partial charge on any atom is 0.363 e. The predicted octanol–water partition coefficient (Wildman–Crippen LogP) is 3.74. The van der Waals surface area contributed by atoms with Crippen LogP contribution in [0.15, 0.2) is 63.7 Å². The summed E-state index contributed by atoms with van der Waals surface area (Å²) in [4.78, 5) is 27.6. The Balaban J connectivity index is 1.69. The Morgan fingerprint density at radius 1 is 1.15 bits per heavy atom. The first kappa shape index (κ1) is 18.8. The van der Waals surface area contributed by atoms with E-state index in [9.17, 15) is 9.59 Å². The van der Waals surface area contributed by atoms with E-state index in [4.69, 9.17) is 14.2 Å². The third-order valence-corrected chi connectivity index (χ3v) is 4.09. The number of hydrogen-bond acceptors (Lipinski definition) is 6. The number of aliphatic imine (C=N–C) groups is 1. The van der Waals surface area contributed by atoms with Crippen LogP contribution in [0.4, 0.5) is 0 Å². The van der Waals surface area contributed by atoms with Gasteiger partial charge in [-0.15, -0.1) is 0 Å². The molecule has 138 valence electrons. The van der Waals surface area contributed by atoms with Crippen LogP contribution < -0.4 is 4.74 Å². The topological polar surface area (TPSA) is 74.2 Å². The van der Waals surface area contributed by atoms with Gasteiger partial charge in [-0.3, -0.25) is 0 Å². The zero-order valence-corrected chi connectivity index (χ0v) is 16.1. The first-order chi connectivity index (χ1) is 13.0. The van der Waals surface area contributed by atoms with E-state index in [1.165, 1.54) is 0 Å². The lowest BCUT2D eigenvalue weighted by Crippen LogP contribution is -2.14. The Bertz CT molecular complexity index is 901. The van der Waals surface area contributed by atoms with Crippen LogP contribution in [0.5, 0.6) is 5.75 Å². The highest BCUT2D eigenvalue weighted by Gasteiger charge is 2.24. The molecule has 2 aromatic rings. The number of hydrogen-bond donors (Lipinski definition) is 0. The van der Waals surface area contributed by atoms with Crippen LogP contribution in [0, 0.1) is 0 Å². The fraction of sp³-hybridized carbons (Fsp3) is 0.150. The van der Waals surface area contributed by atoms with E-state index in [0.29, 0.717) is 12.4 Å². The summed E-state index contributed by atoms with van der Waals surface area (Å²) in [5, 5.41) is 0. The van der Waals surface area contributed by atoms with Crippen molar-refractivity contribution in [1.82, 2.24) is 0 Å². The van der Waals surface area contributed by atoms with Gasteiger partial charge in [0.2, 0.25) is 5.90 Å². The summed E-state index contributed by atoms with van der Waals surface area (Å²) in [6.45, 7) is 1.90. The molecular weight excluding hydrogens is 414 g/mol. The standard InChI is InChI=1S/C20H16BrNO5/c1-2-25-18(23)12-26-16-9-3-13(4-10-16)11-17-20(24)27-19(22-17)14-5-7-15(21)8-6-14/h3-11H,2,12H2,1H3/b17-11-. The number of carbonyl (C=O) groups is 2. The van der Waals surface area contributed by atoms with Crippen molar-refractivity contribution in [2.24, 2.45) is 4.99 Å². The maximum absolute atomic E-state index is 12.0. The maximum atomic E-state index is 12.0. The Labute approximate surface area is 164 Å². The number of esters is 2. The van der Waals surface area contributed by atoms with Crippen molar-refractivity contribution in [3.05, 3.63) is 69.8 Å². The molecule has 3 rings (SSSR count). The molecule has 0 unspecified atom stereocenters. The summed E-state index contributed by atoms with van der Waals surface area (Å²) in [5.74, 6) is -0.130. The minimum atomic E-state index is -0.504. The fourth-order valence-corrected chi connectivity index (χ4v) is 2.55. The molecule has 7 heteroatoms. The van der Waals surface area contributed by atoms with E-state index in [2.05, 4.69) is 20.9 Å². The summed E-state index contributed by atoms with van der Waals surface area (Å²) in [6, 6.07) is 14.2. The molecule has 0 saturated carbocycles. The van der Waals surface area contributed by atoms with Crippen LogP contribution in [0.2, 0.25) is 0 Å². The van der Waals surface area contributed by atoms with E-state index in [1.54, 1.807) is 37.3 Å². The van der Waals surface area contributed by atoms with Crippen LogP contribution in [-0.4, -0.2) is 31.1 Å². The smallest absolute Gasteiger partial charge is 0.363 e. The van der Waals surface area contributed by atoms with Crippen LogP contribution in [-0.2, 0) is 19.1 Å². The SMILES string of the molecule is CCOC(=O)COc1ccc(/C=C2\N=C(c3ccc(Br)cc3)OC2=O)cc1. The van der Waals surface area contributed by atoms with E-state index in [1.807, 2.05) is 24.3 Å². The highest BCUT2D eigenvalue weighted by Crippen LogP contribution is 2.21. The van der Waals surface area contributed by atoms with Gasteiger partial charge in [0, 0.05) is 10.0 Å². The van der Waals surface area contributed by atoms with Gasteiger partial charge < -0.3 is 14.2 Å². The van der Waals surface area contributed by atoms with Gasteiger partial charge in [-0.2, -0.15) is 0 Å². The highest BCUT2D eigenvalue weighted by molar-refractivity contribution is 9.10. The van der Waals surface area contributed by atoms with Gasteiger partial charge in [-0.05, 0) is 55.0 Å². The van der Waals surface area contributed by atoms with Crippen molar-refractivity contribution in [1.29, 1.82) is 0 Å². The molecule has 6 nitrogen and oxygen atoms in total. The molecule has 0 radical (unpaired) electrons. The minimum Gasteiger partial charge on any atom is -0.482 e. The molecule has 2 aromatic carbocycles. The number of halogens is 1. The number of nitrogens with zero attached hydrogens (tertiary/aromatic N) is 1. The van der Waals surface area contributed by atoms with Crippen molar-refractivity contribution < 1.29 is 23.8 Å². The van der Waals surface area contributed by atoms with E-state index < -0.39 is 11.9 Å². The molecular formula is C20H16BrNO5. The average Bonchev–Trinajstić information content (AvgIpc) is 3.02. The van der Waals surface area contributed by atoms with Gasteiger partial charge in [-0.25, -0.2) is 14.6 Å². The summed E-state index contributed by atoms with van der Waals surface area (Å²) in [6.07, 6.45) is 1.63. The Kier molecular flexibility index (Phi) is 6.03. The van der Waals surface area contributed by atoms with Crippen molar-refractivity contribution >= 4 is 39.8 Å². The van der Waals surface area contributed by atoms with E-state index in [-0.39, 0.29) is 18.2 Å². The lowest BCUT2D eigenvalue weighted by Gasteiger charge is -2.05. The molecule has 1 aliphatic heterocycles. The third-order valence-electron chi connectivity index (χ3n) is 3.56. The van der Waals surface area contributed by atoms with Crippen molar-refractivity contribution in [2.75, 3.05) is 13.2 Å². The predicted molar refractivity (Wildman–Crippen MR) is 103 cm³/mol. The highest BCUT2D eigenvalue weighted by atomic mass is 79.9. The van der Waals surface area contributed by atoms with Gasteiger partial charge in [0.25, 0.3) is 0 Å². The second-order valence-corrected chi connectivity index (χ2v) is 6.42. The summed E-state index contributed by atoms with van der Waals surface area (Å²) >= 11 is 3.36. The molecule has 0 N–H and O–H groups in total. The number of ether oxygens (including phenoxy) is 3. The first-order valence-electron chi connectivity index (χ1n) is 8.22. The molecule has 1 aliphatic rings. The third kappa shape index (κ3) is 5.04. The van der Waals surface area contributed by atoms with Crippen LogP contribution in [0.25, 0.3) is 6.08 Å². The molecule has 0 amide bonds. The summed E-state index contributed by atoms with van der Waals surface area (Å²) < 4.78 is 16.3. The second-order valence-electron chi connectivity index (χ2n) is 5.51. The largest absolute Gasteiger partial charge is 0.482 e. The van der Waals surface area contributed by atoms with Crippen molar-refractivity contribution in [3.8, 4) is 5.75 Å². The molecule has 1 heterocycles. The molecule has 0 aliphatic carbocycles. The van der Waals surface area contributed by atoms with Crippen LogP contribution in [0.1, 0.15) is 18.1 Å². The normalized spacial score (nSPS) is 14.7. The van der Waals surface area contributed by atoms with Gasteiger partial charge in [0.1, 0.15) is 5.75 Å². The van der Waals surface area contributed by atoms with Crippen LogP contribution >= 0.6 is 15.9 Å². The number of benzene rings is 2. The molecule has 0 spiro atoms. The lowest BCUT2D eigenvalue weighted by molar-refractivity contribution is -0.145. The van der Waals surface area contributed by atoms with E-state index in [0.717, 1.165) is 15.6 Å². The molecule has 0 atom stereocenters. The van der Waals surface area contributed by atoms with Gasteiger partial charge in [0.05, 0.1) is 6.61 Å². The molecule has 0 aromatic heterocycles. The zero-order valence-electron chi connectivity index (χ0n) is 14.5. The van der Waals surface area contributed by atoms with Gasteiger partial charge in [0.15, 0.2) is 12.3 Å². The minimum absolute atomic E-state index is 0.151. The molecule has 27 heavy (non-hydrogen) atoms. The number of carbonyl (C=O) groups excluding carboxylic acids is 2. The first-order valence-corrected chi connectivity index (χ1v) is 9.01. The monoisotopic (exact) mass is 429 g/mol. The zero-order chi connectivity index (χ0) is 19.2. The molecule has 0 bridgehead atoms. The number of cyclic esters (lactones) is 1. The molecule has 0 fully saturated rings. The summed E-state index contributed by atoms with van der Waals surface area (Å²) in [7, 11) is 0. The van der Waals surface area contributed by atoms with Gasteiger partial charge >= 0.3 is 11.9 Å². The van der Waals surface area contributed by atoms with Crippen molar-refractivity contribution in [3.63, 3.8) is 0 Å². The van der Waals surface area contributed by atoms with Crippen molar-refractivity contribution in [2.45, 2.75) is 6.92 Å². The fourth-order valence-electron chi connectivity index (χ4n) is 2.29. The molecule has 0 saturated heterocycles. The Morgan fingerprint density at radius 2 is 1.85 bits per heavy atom. The van der Waals surface area contributed by atoms with Gasteiger partial charge in [-0.1, -0.05) is 28.1 Å². The Hall–Kier alpha value is -2.93. The Morgan fingerprint density at radius 3 is 2.52 bits per heavy atom. The quantitative estimate of drug-likeness (QED) is 0.516. The average molecular weight is 430 g/mol. The van der Waals surface area contributed by atoms with E-state index >= 15 is 0 Å². The lowest BCUT2D eigenvalue weighted by atomic mass is 10.2.